The van der Waals surface area contributed by atoms with Gasteiger partial charge in [-0.15, -0.1) is 0 Å². The molecule has 2 fully saturated rings. The van der Waals surface area contributed by atoms with Crippen molar-refractivity contribution in [1.29, 1.82) is 0 Å². The Hall–Kier alpha value is -2.05. The van der Waals surface area contributed by atoms with E-state index in [9.17, 15) is 13.2 Å². The average Bonchev–Trinajstić information content (AvgIpc) is 3.15. The molecule has 0 saturated carbocycles. The van der Waals surface area contributed by atoms with E-state index in [0.29, 0.717) is 51.5 Å². The van der Waals surface area contributed by atoms with E-state index in [1.807, 2.05) is 24.6 Å². The minimum absolute atomic E-state index is 0.104. The molecule has 1 aromatic heterocycles. The number of hydrogen-bond acceptors (Lipinski definition) is 7. The molecule has 0 aliphatic carbocycles. The molecule has 4 rings (SSSR count). The summed E-state index contributed by atoms with van der Waals surface area (Å²) in [6.07, 6.45) is 1.52. The number of methoxy groups -OCH3 is 1. The second-order valence-electron chi connectivity index (χ2n) is 8.15. The molecule has 2 aromatic rings. The van der Waals surface area contributed by atoms with E-state index in [1.54, 1.807) is 26.9 Å². The Morgan fingerprint density at radius 2 is 1.81 bits per heavy atom. The SMILES string of the molecule is COC(=O)c1ccc2c(cnn2CN2CCN(S(=O)(=O)N3CC(C)OC(C)C3)CC2)c1. The zero-order chi connectivity index (χ0) is 22.2. The summed E-state index contributed by atoms with van der Waals surface area (Å²) in [5.74, 6) is -0.379. The first-order chi connectivity index (χ1) is 14.8. The van der Waals surface area contributed by atoms with Crippen LogP contribution in [-0.4, -0.2) is 96.3 Å². The molecule has 10 nitrogen and oxygen atoms in total. The van der Waals surface area contributed by atoms with Crippen LogP contribution in [0.4, 0.5) is 0 Å². The Labute approximate surface area is 182 Å². The minimum atomic E-state index is -3.49. The van der Waals surface area contributed by atoms with Crippen LogP contribution in [0.15, 0.2) is 24.4 Å². The molecule has 2 aliphatic rings. The fourth-order valence-corrected chi connectivity index (χ4v) is 5.97. The number of ether oxygens (including phenoxy) is 2. The molecule has 0 bridgehead atoms. The van der Waals surface area contributed by atoms with Gasteiger partial charge in [-0.1, -0.05) is 0 Å². The molecule has 31 heavy (non-hydrogen) atoms. The van der Waals surface area contributed by atoms with Crippen LogP contribution in [0.3, 0.4) is 0 Å². The summed E-state index contributed by atoms with van der Waals surface area (Å²) in [7, 11) is -2.14. The van der Waals surface area contributed by atoms with Gasteiger partial charge in [0.25, 0.3) is 10.2 Å². The Balaban J connectivity index is 1.39. The van der Waals surface area contributed by atoms with Gasteiger partial charge in [0, 0.05) is 44.7 Å². The number of aromatic nitrogens is 2. The number of rotatable bonds is 5. The highest BCUT2D eigenvalue weighted by Gasteiger charge is 2.36. The highest BCUT2D eigenvalue weighted by atomic mass is 32.2. The summed E-state index contributed by atoms with van der Waals surface area (Å²) in [4.78, 5) is 13.9. The third-order valence-corrected chi connectivity index (χ3v) is 7.74. The predicted molar refractivity (Wildman–Crippen MR) is 115 cm³/mol. The molecule has 3 heterocycles. The number of hydrogen-bond donors (Lipinski definition) is 0. The summed E-state index contributed by atoms with van der Waals surface area (Å²) in [6, 6.07) is 5.34. The van der Waals surface area contributed by atoms with Crippen molar-refractivity contribution in [1.82, 2.24) is 23.3 Å². The number of nitrogens with zero attached hydrogens (tertiary/aromatic N) is 5. The quantitative estimate of drug-likeness (QED) is 0.619. The van der Waals surface area contributed by atoms with Crippen molar-refractivity contribution in [2.75, 3.05) is 46.4 Å². The fraction of sp³-hybridized carbons (Fsp3) is 0.600. The first kappa shape index (κ1) is 22.2. The summed E-state index contributed by atoms with van der Waals surface area (Å²) in [5, 5.41) is 5.30. The molecule has 2 saturated heterocycles. The van der Waals surface area contributed by atoms with Crippen molar-refractivity contribution in [3.05, 3.63) is 30.0 Å². The van der Waals surface area contributed by atoms with Gasteiger partial charge in [0.15, 0.2) is 0 Å². The smallest absolute Gasteiger partial charge is 0.337 e. The number of benzene rings is 1. The number of esters is 1. The summed E-state index contributed by atoms with van der Waals surface area (Å²) in [6.45, 7) is 7.26. The minimum Gasteiger partial charge on any atom is -0.465 e. The molecule has 2 aliphatic heterocycles. The lowest BCUT2D eigenvalue weighted by Crippen LogP contribution is -2.57. The summed E-state index contributed by atoms with van der Waals surface area (Å²) >= 11 is 0. The van der Waals surface area contributed by atoms with Gasteiger partial charge in [-0.25, -0.2) is 4.79 Å². The number of piperazine rings is 1. The second kappa shape index (κ2) is 8.83. The zero-order valence-corrected chi connectivity index (χ0v) is 18.9. The molecule has 0 amide bonds. The van der Waals surface area contributed by atoms with E-state index < -0.39 is 10.2 Å². The van der Waals surface area contributed by atoms with Gasteiger partial charge in [-0.2, -0.15) is 22.1 Å². The molecule has 2 unspecified atom stereocenters. The Bertz CT molecular complexity index is 1040. The monoisotopic (exact) mass is 451 g/mol. The van der Waals surface area contributed by atoms with E-state index in [2.05, 4.69) is 10.00 Å². The maximum atomic E-state index is 13.1. The van der Waals surface area contributed by atoms with Crippen LogP contribution < -0.4 is 0 Å². The van der Waals surface area contributed by atoms with E-state index in [0.717, 1.165) is 10.9 Å². The van der Waals surface area contributed by atoms with Crippen LogP contribution in [0.1, 0.15) is 24.2 Å². The lowest BCUT2D eigenvalue weighted by Gasteiger charge is -2.40. The molecule has 2 atom stereocenters. The van der Waals surface area contributed by atoms with Crippen LogP contribution >= 0.6 is 0 Å². The van der Waals surface area contributed by atoms with Crippen LogP contribution in [0, 0.1) is 0 Å². The van der Waals surface area contributed by atoms with Gasteiger partial charge in [0.1, 0.15) is 0 Å². The van der Waals surface area contributed by atoms with Crippen molar-refractivity contribution in [3.63, 3.8) is 0 Å². The van der Waals surface area contributed by atoms with E-state index in [1.165, 1.54) is 7.11 Å². The van der Waals surface area contributed by atoms with Crippen molar-refractivity contribution < 1.29 is 22.7 Å². The predicted octanol–water partition coefficient (Wildman–Crippen LogP) is 0.752. The molecule has 1 aromatic carbocycles. The van der Waals surface area contributed by atoms with Crippen molar-refractivity contribution in [2.45, 2.75) is 32.7 Å². The average molecular weight is 452 g/mol. The zero-order valence-electron chi connectivity index (χ0n) is 18.1. The third-order valence-electron chi connectivity index (χ3n) is 5.77. The van der Waals surface area contributed by atoms with E-state index in [-0.39, 0.29) is 18.2 Å². The number of morpholine rings is 1. The molecule has 170 valence electrons. The van der Waals surface area contributed by atoms with Crippen LogP contribution in [0.25, 0.3) is 10.9 Å². The first-order valence-electron chi connectivity index (χ1n) is 10.4. The Morgan fingerprint density at radius 3 is 2.45 bits per heavy atom. The molecule has 0 spiro atoms. The second-order valence-corrected chi connectivity index (χ2v) is 10.1. The summed E-state index contributed by atoms with van der Waals surface area (Å²) < 4.78 is 41.5. The number of carbonyl (C=O) groups is 1. The van der Waals surface area contributed by atoms with E-state index in [4.69, 9.17) is 9.47 Å². The first-order valence-corrected chi connectivity index (χ1v) is 11.8. The van der Waals surface area contributed by atoms with Gasteiger partial charge in [0.05, 0.1) is 43.3 Å². The van der Waals surface area contributed by atoms with Crippen LogP contribution in [-0.2, 0) is 26.4 Å². The van der Waals surface area contributed by atoms with Crippen LogP contribution in [0.2, 0.25) is 0 Å². The Morgan fingerprint density at radius 1 is 1.13 bits per heavy atom. The largest absolute Gasteiger partial charge is 0.465 e. The van der Waals surface area contributed by atoms with Gasteiger partial charge < -0.3 is 9.47 Å². The molecule has 11 heteroatoms. The van der Waals surface area contributed by atoms with Crippen molar-refractivity contribution in [2.24, 2.45) is 0 Å². The third kappa shape index (κ3) is 4.60. The highest BCUT2D eigenvalue weighted by molar-refractivity contribution is 7.86. The highest BCUT2D eigenvalue weighted by Crippen LogP contribution is 2.20. The van der Waals surface area contributed by atoms with Gasteiger partial charge in [0.2, 0.25) is 0 Å². The lowest BCUT2D eigenvalue weighted by atomic mass is 10.1. The van der Waals surface area contributed by atoms with Crippen molar-refractivity contribution >= 4 is 27.1 Å². The van der Waals surface area contributed by atoms with E-state index >= 15 is 0 Å². The molecule has 0 radical (unpaired) electrons. The van der Waals surface area contributed by atoms with Gasteiger partial charge in [-0.3, -0.25) is 9.58 Å². The molecular formula is C20H29N5O5S. The molecular weight excluding hydrogens is 422 g/mol. The van der Waals surface area contributed by atoms with Gasteiger partial charge >= 0.3 is 5.97 Å². The fourth-order valence-electron chi connectivity index (χ4n) is 4.22. The van der Waals surface area contributed by atoms with Crippen LogP contribution in [0.5, 0.6) is 0 Å². The number of carbonyl (C=O) groups excluding carboxylic acids is 1. The topological polar surface area (TPSA) is 97.2 Å². The maximum Gasteiger partial charge on any atom is 0.337 e. The Kier molecular flexibility index (Phi) is 6.31. The summed E-state index contributed by atoms with van der Waals surface area (Å²) in [5.41, 5.74) is 1.40. The normalized spacial score (nSPS) is 24.5. The maximum absolute atomic E-state index is 13.1. The van der Waals surface area contributed by atoms with Gasteiger partial charge in [-0.05, 0) is 32.0 Å². The lowest BCUT2D eigenvalue weighted by molar-refractivity contribution is -0.0458. The van der Waals surface area contributed by atoms with Crippen molar-refractivity contribution in [3.8, 4) is 0 Å². The number of fused-ring (bicyclic) bond motifs is 1. The standard InChI is InChI=1S/C20H29N5O5S/c1-15-12-24(13-16(2)30-15)31(27,28)23-8-6-22(7-9-23)14-25-19-5-4-17(20(26)29-3)10-18(19)11-21-25/h4-5,10-11,15-16H,6-9,12-14H2,1-3H3. The molecule has 0 N–H and O–H groups in total.